The molecule has 5 rings (SSSR count). The van der Waals surface area contributed by atoms with Crippen molar-refractivity contribution in [2.75, 3.05) is 27.2 Å². The van der Waals surface area contributed by atoms with Gasteiger partial charge in [0.25, 0.3) is 0 Å². The summed E-state index contributed by atoms with van der Waals surface area (Å²) in [5, 5.41) is 17.4. The van der Waals surface area contributed by atoms with Crippen LogP contribution in [0.2, 0.25) is 0 Å². The number of hydrogen-bond acceptors (Lipinski definition) is 13. The molecule has 292 valence electrons. The zero-order chi connectivity index (χ0) is 39.1. The first-order valence-electron chi connectivity index (χ1n) is 18.1. The van der Waals surface area contributed by atoms with E-state index in [-0.39, 0.29) is 44.0 Å². The lowest BCUT2D eigenvalue weighted by atomic mass is 9.50. The highest BCUT2D eigenvalue weighted by atomic mass is 16.6. The average molecular weight is 744 g/mol. The maximum atomic E-state index is 13.3. The summed E-state index contributed by atoms with van der Waals surface area (Å²) in [5.41, 5.74) is -1.65. The van der Waals surface area contributed by atoms with Crippen LogP contribution in [0.15, 0.2) is 24.0 Å². The lowest BCUT2D eigenvalue weighted by Crippen LogP contribution is -2.74. The van der Waals surface area contributed by atoms with Crippen LogP contribution >= 0.6 is 0 Å². The fourth-order valence-corrected chi connectivity index (χ4v) is 7.88. The number of carbonyl (C=O) groups is 5. The normalized spacial score (nSPS) is 25.4. The summed E-state index contributed by atoms with van der Waals surface area (Å²) in [6.07, 6.45) is -0.378. The Hall–Kier alpha value is -4.37. The van der Waals surface area contributed by atoms with Crippen LogP contribution in [0.25, 0.3) is 0 Å². The van der Waals surface area contributed by atoms with Gasteiger partial charge < -0.3 is 49.1 Å². The highest BCUT2D eigenvalue weighted by Crippen LogP contribution is 2.65. The molecule has 53 heavy (non-hydrogen) atoms. The van der Waals surface area contributed by atoms with Crippen molar-refractivity contribution in [1.29, 1.82) is 0 Å². The zero-order valence-electron chi connectivity index (χ0n) is 32.1. The molecule has 1 fully saturated rings. The lowest BCUT2D eigenvalue weighted by Gasteiger charge is -2.61. The average Bonchev–Trinajstić information content (AvgIpc) is 3.40. The summed E-state index contributed by atoms with van der Waals surface area (Å²) >= 11 is 0. The van der Waals surface area contributed by atoms with Gasteiger partial charge >= 0.3 is 24.0 Å². The quantitative estimate of drug-likeness (QED) is 0.210. The molecule has 1 spiro atoms. The number of likely N-dealkylation sites (tertiary alicyclic amines) is 1. The molecule has 2 bridgehead atoms. The predicted molar refractivity (Wildman–Crippen MR) is 189 cm³/mol. The second-order valence-corrected chi connectivity index (χ2v) is 16.2. The number of rotatable bonds is 12. The summed E-state index contributed by atoms with van der Waals surface area (Å²) in [6.45, 7) is 12.1. The number of likely N-dealkylation sites (N-methyl/N-ethyl adjacent to an activating group) is 1. The summed E-state index contributed by atoms with van der Waals surface area (Å²) in [4.78, 5) is 66.1. The van der Waals surface area contributed by atoms with E-state index in [1.54, 1.807) is 54.7 Å². The summed E-state index contributed by atoms with van der Waals surface area (Å²) in [6, 6.07) is 2.53. The molecule has 1 saturated heterocycles. The molecule has 6 atom stereocenters. The van der Waals surface area contributed by atoms with Crippen LogP contribution in [-0.2, 0) is 50.0 Å². The van der Waals surface area contributed by atoms with Gasteiger partial charge in [0, 0.05) is 31.0 Å². The molecule has 15 nitrogen and oxygen atoms in total. The molecular weight excluding hydrogens is 690 g/mol. The Kier molecular flexibility index (Phi) is 11.1. The SMILES string of the molecule is COc1ccc2c3c1O[C@H]1C(OC(=O)[C@H](C)OC(=O)CCNC(=O)[C@H](CCC(=O)OC(C)(C)C)NC(=O)OC(C)(C)C)=CC[C@@]4(O)[C@H](C2)N(C)CC[C@]314. The van der Waals surface area contributed by atoms with Crippen LogP contribution in [0.1, 0.15) is 91.7 Å². The molecule has 4 aliphatic rings. The van der Waals surface area contributed by atoms with Gasteiger partial charge in [-0.05, 0) is 99.0 Å². The molecule has 0 radical (unpaired) electrons. The van der Waals surface area contributed by atoms with Gasteiger partial charge in [-0.1, -0.05) is 6.07 Å². The Morgan fingerprint density at radius 3 is 2.40 bits per heavy atom. The lowest BCUT2D eigenvalue weighted by molar-refractivity contribution is -0.175. The van der Waals surface area contributed by atoms with E-state index in [4.69, 9.17) is 28.4 Å². The molecule has 2 heterocycles. The number of hydrogen-bond donors (Lipinski definition) is 3. The molecule has 0 unspecified atom stereocenters. The molecule has 1 aromatic carbocycles. The van der Waals surface area contributed by atoms with Crippen molar-refractivity contribution >= 4 is 29.9 Å². The highest BCUT2D eigenvalue weighted by Gasteiger charge is 2.72. The fraction of sp³-hybridized carbons (Fsp3) is 0.658. The number of aliphatic hydroxyl groups is 1. The van der Waals surface area contributed by atoms with Crippen LogP contribution in [0.4, 0.5) is 4.79 Å². The van der Waals surface area contributed by atoms with Crippen molar-refractivity contribution in [2.45, 2.75) is 134 Å². The standard InChI is InChI=1S/C38H53N3O12/c1-21(49-27(42)15-18-39-32(44)23(40-34(46)53-36(5,6)7)11-13-28(43)52-35(2,3)4)33(45)50-25-14-16-38(47)26-20-22-10-12-24(48-9)30-29(22)37(38,31(25)51-30)17-19-41(26)8/h10,12,14,21,23,26,31,47H,11,13,15-20H2,1-9H3,(H,39,44)(H,40,46)/t21-,23-,26-,31-,37-,38+/m0/s1. The van der Waals surface area contributed by atoms with Gasteiger partial charge in [-0.2, -0.15) is 0 Å². The number of nitrogens with one attached hydrogen (secondary N) is 2. The van der Waals surface area contributed by atoms with E-state index in [0.29, 0.717) is 30.9 Å². The Morgan fingerprint density at radius 2 is 1.74 bits per heavy atom. The van der Waals surface area contributed by atoms with Gasteiger partial charge in [-0.15, -0.1) is 0 Å². The minimum absolute atomic E-state index is 0.0803. The molecule has 0 aromatic heterocycles. The number of esters is 3. The van der Waals surface area contributed by atoms with E-state index in [0.717, 1.165) is 11.1 Å². The van der Waals surface area contributed by atoms with Crippen LogP contribution in [0.5, 0.6) is 11.5 Å². The Labute approximate surface area is 310 Å². The number of nitrogens with zero attached hydrogens (tertiary/aromatic N) is 1. The topological polar surface area (TPSA) is 188 Å². The van der Waals surface area contributed by atoms with Crippen LogP contribution in [-0.4, -0.2) is 108 Å². The molecule has 3 N–H and O–H groups in total. The number of ether oxygens (including phenoxy) is 6. The summed E-state index contributed by atoms with van der Waals surface area (Å²) in [7, 11) is 3.56. The Morgan fingerprint density at radius 1 is 1.04 bits per heavy atom. The van der Waals surface area contributed by atoms with Gasteiger partial charge in [0.15, 0.2) is 23.7 Å². The predicted octanol–water partition coefficient (Wildman–Crippen LogP) is 2.97. The molecule has 0 saturated carbocycles. The van der Waals surface area contributed by atoms with Crippen molar-refractivity contribution in [3.63, 3.8) is 0 Å². The summed E-state index contributed by atoms with van der Waals surface area (Å²) in [5.74, 6) is -1.51. The number of amides is 2. The number of carbonyl (C=O) groups excluding carboxylic acids is 5. The zero-order valence-corrected chi connectivity index (χ0v) is 32.1. The van der Waals surface area contributed by atoms with Gasteiger partial charge in [0.1, 0.15) is 23.0 Å². The number of methoxy groups -OCH3 is 1. The van der Waals surface area contributed by atoms with E-state index in [1.165, 1.54) is 6.92 Å². The van der Waals surface area contributed by atoms with Crippen molar-refractivity contribution in [3.05, 3.63) is 35.1 Å². The van der Waals surface area contributed by atoms with Crippen LogP contribution in [0, 0.1) is 0 Å². The largest absolute Gasteiger partial charge is 0.493 e. The maximum absolute atomic E-state index is 13.3. The Bertz CT molecular complexity index is 1660. The third kappa shape index (κ3) is 8.10. The highest BCUT2D eigenvalue weighted by molar-refractivity contribution is 5.87. The third-order valence-electron chi connectivity index (χ3n) is 10.1. The number of alkyl carbamates (subject to hydrolysis) is 1. The van der Waals surface area contributed by atoms with Gasteiger partial charge in [-0.25, -0.2) is 9.59 Å². The monoisotopic (exact) mass is 743 g/mol. The first-order chi connectivity index (χ1) is 24.7. The Balaban J connectivity index is 1.18. The fourth-order valence-electron chi connectivity index (χ4n) is 7.88. The minimum Gasteiger partial charge on any atom is -0.493 e. The van der Waals surface area contributed by atoms with E-state index in [9.17, 15) is 29.1 Å². The van der Waals surface area contributed by atoms with Gasteiger partial charge in [0.2, 0.25) is 5.91 Å². The molecule has 1 aromatic rings. The molecule has 2 amide bonds. The second-order valence-electron chi connectivity index (χ2n) is 16.2. The van der Waals surface area contributed by atoms with E-state index in [1.807, 2.05) is 19.2 Å². The van der Waals surface area contributed by atoms with Crippen molar-refractivity contribution in [3.8, 4) is 11.5 Å². The van der Waals surface area contributed by atoms with Crippen molar-refractivity contribution < 1.29 is 57.5 Å². The van der Waals surface area contributed by atoms with Crippen LogP contribution < -0.4 is 20.1 Å². The molecular formula is C38H53N3O12. The van der Waals surface area contributed by atoms with E-state index < -0.39 is 70.4 Å². The first-order valence-corrected chi connectivity index (χ1v) is 18.1. The second kappa shape index (κ2) is 14.8. The first kappa shape index (κ1) is 39.8. The van der Waals surface area contributed by atoms with Gasteiger partial charge in [0.05, 0.1) is 24.5 Å². The molecule has 2 aliphatic heterocycles. The van der Waals surface area contributed by atoms with E-state index >= 15 is 0 Å². The van der Waals surface area contributed by atoms with Crippen molar-refractivity contribution in [1.82, 2.24) is 15.5 Å². The number of benzene rings is 1. The minimum atomic E-state index is -1.31. The third-order valence-corrected chi connectivity index (χ3v) is 10.1. The van der Waals surface area contributed by atoms with E-state index in [2.05, 4.69) is 15.5 Å². The number of piperidine rings is 1. The molecule has 2 aliphatic carbocycles. The molecule has 15 heteroatoms. The van der Waals surface area contributed by atoms with Crippen LogP contribution in [0.3, 0.4) is 0 Å². The van der Waals surface area contributed by atoms with Gasteiger partial charge in [-0.3, -0.25) is 14.4 Å². The maximum Gasteiger partial charge on any atom is 0.408 e. The smallest absolute Gasteiger partial charge is 0.408 e. The van der Waals surface area contributed by atoms with Crippen molar-refractivity contribution in [2.24, 2.45) is 0 Å². The summed E-state index contributed by atoms with van der Waals surface area (Å²) < 4.78 is 33.9.